The van der Waals surface area contributed by atoms with Crippen molar-refractivity contribution in [2.75, 3.05) is 28.4 Å². The van der Waals surface area contributed by atoms with Gasteiger partial charge in [-0.2, -0.15) is 0 Å². The fourth-order valence-electron chi connectivity index (χ4n) is 2.59. The topological polar surface area (TPSA) is 103 Å². The molecule has 0 aliphatic heterocycles. The zero-order chi connectivity index (χ0) is 19.6. The van der Waals surface area contributed by atoms with Gasteiger partial charge >= 0.3 is 0 Å². The first kappa shape index (κ1) is 18.2. The molecule has 0 unspecified atom stereocenters. The van der Waals surface area contributed by atoms with Gasteiger partial charge in [-0.1, -0.05) is 0 Å². The van der Waals surface area contributed by atoms with E-state index in [1.807, 2.05) is 0 Å². The molecule has 0 atom stereocenters. The second-order valence-electron chi connectivity index (χ2n) is 5.49. The molecule has 0 aliphatic rings. The smallest absolute Gasteiger partial charge is 0.226 e. The highest BCUT2D eigenvalue weighted by Crippen LogP contribution is 2.43. The lowest BCUT2D eigenvalue weighted by molar-refractivity contribution is 0.340. The zero-order valence-electron chi connectivity index (χ0n) is 15.3. The fraction of sp³-hybridized carbons (Fsp3) is 0.211. The third kappa shape index (κ3) is 3.29. The number of methoxy groups -OCH3 is 4. The summed E-state index contributed by atoms with van der Waals surface area (Å²) < 4.78 is 26.5. The van der Waals surface area contributed by atoms with Crippen molar-refractivity contribution in [2.45, 2.75) is 0 Å². The minimum absolute atomic E-state index is 0.100. The van der Waals surface area contributed by atoms with Crippen molar-refractivity contribution in [2.24, 2.45) is 0 Å². The van der Waals surface area contributed by atoms with E-state index < -0.39 is 0 Å². The van der Waals surface area contributed by atoms with E-state index in [4.69, 9.17) is 23.4 Å². The Morgan fingerprint density at radius 3 is 1.52 bits per heavy atom. The van der Waals surface area contributed by atoms with E-state index in [2.05, 4.69) is 4.98 Å². The number of oxazole rings is 1. The van der Waals surface area contributed by atoms with Gasteiger partial charge in [0, 0.05) is 11.1 Å². The maximum atomic E-state index is 10.0. The van der Waals surface area contributed by atoms with Gasteiger partial charge in [0.2, 0.25) is 17.4 Å². The summed E-state index contributed by atoms with van der Waals surface area (Å²) in [6.07, 6.45) is 1.53. The summed E-state index contributed by atoms with van der Waals surface area (Å²) in [4.78, 5) is 4.27. The quantitative estimate of drug-likeness (QED) is 0.677. The number of aromatic nitrogens is 1. The van der Waals surface area contributed by atoms with E-state index in [0.717, 1.165) is 0 Å². The Morgan fingerprint density at radius 2 is 1.11 bits per heavy atom. The van der Waals surface area contributed by atoms with Crippen molar-refractivity contribution in [3.05, 3.63) is 30.5 Å². The summed E-state index contributed by atoms with van der Waals surface area (Å²) in [6.45, 7) is 0. The van der Waals surface area contributed by atoms with Crippen LogP contribution < -0.4 is 18.9 Å². The van der Waals surface area contributed by atoms with E-state index in [0.29, 0.717) is 22.8 Å². The van der Waals surface area contributed by atoms with E-state index in [-0.39, 0.29) is 34.5 Å². The third-order valence-corrected chi connectivity index (χ3v) is 4.00. The highest BCUT2D eigenvalue weighted by Gasteiger charge is 2.18. The predicted octanol–water partition coefficient (Wildman–Crippen LogP) is 3.45. The summed E-state index contributed by atoms with van der Waals surface area (Å²) in [5.41, 5.74) is 1.17. The molecule has 0 saturated heterocycles. The molecule has 0 bridgehead atoms. The highest BCUT2D eigenvalue weighted by atomic mass is 16.5. The first-order valence-electron chi connectivity index (χ1n) is 7.88. The fourth-order valence-corrected chi connectivity index (χ4v) is 2.59. The monoisotopic (exact) mass is 373 g/mol. The summed E-state index contributed by atoms with van der Waals surface area (Å²) in [5.74, 6) is 1.49. The largest absolute Gasteiger partial charge is 0.502 e. The van der Waals surface area contributed by atoms with Gasteiger partial charge in [0.25, 0.3) is 0 Å². The van der Waals surface area contributed by atoms with Gasteiger partial charge in [0.1, 0.15) is 0 Å². The molecule has 0 amide bonds. The van der Waals surface area contributed by atoms with Crippen molar-refractivity contribution < 1.29 is 33.6 Å². The molecule has 2 N–H and O–H groups in total. The number of benzene rings is 2. The number of hydrogen-bond donors (Lipinski definition) is 2. The Morgan fingerprint density at radius 1 is 0.704 bits per heavy atom. The number of phenolic OH excluding ortho intramolecular Hbond substituents is 2. The molecular weight excluding hydrogens is 354 g/mol. The molecule has 2 aromatic carbocycles. The van der Waals surface area contributed by atoms with Crippen LogP contribution in [0.15, 0.2) is 34.9 Å². The molecule has 0 saturated carbocycles. The Balaban J connectivity index is 2.06. The number of nitrogens with zero attached hydrogens (tertiary/aromatic N) is 1. The molecule has 1 aromatic heterocycles. The van der Waals surface area contributed by atoms with Gasteiger partial charge in [-0.3, -0.25) is 0 Å². The minimum atomic E-state index is -0.108. The van der Waals surface area contributed by atoms with Crippen LogP contribution in [-0.4, -0.2) is 43.6 Å². The maximum Gasteiger partial charge on any atom is 0.226 e. The van der Waals surface area contributed by atoms with Crippen molar-refractivity contribution in [1.82, 2.24) is 4.98 Å². The number of hydrogen-bond acceptors (Lipinski definition) is 8. The van der Waals surface area contributed by atoms with Crippen LogP contribution in [0.1, 0.15) is 0 Å². The maximum absolute atomic E-state index is 10.0. The van der Waals surface area contributed by atoms with Gasteiger partial charge in [0.05, 0.1) is 34.6 Å². The molecule has 27 heavy (non-hydrogen) atoms. The molecule has 3 aromatic rings. The molecule has 1 heterocycles. The molecule has 3 rings (SSSR count). The highest BCUT2D eigenvalue weighted by molar-refractivity contribution is 5.70. The van der Waals surface area contributed by atoms with Crippen LogP contribution in [-0.2, 0) is 0 Å². The van der Waals surface area contributed by atoms with Crippen LogP contribution in [0.4, 0.5) is 0 Å². The normalized spacial score (nSPS) is 10.5. The SMILES string of the molecule is COc1cc(-c2cnc(-c3cc(OC)c(O)c(OC)c3)o2)cc(OC)c1O. The molecule has 142 valence electrons. The van der Waals surface area contributed by atoms with Gasteiger partial charge < -0.3 is 33.6 Å². The Bertz CT molecular complexity index is 838. The summed E-state index contributed by atoms with van der Waals surface area (Å²) in [6, 6.07) is 6.40. The molecule has 0 radical (unpaired) electrons. The Hall–Kier alpha value is -3.55. The second-order valence-corrected chi connectivity index (χ2v) is 5.49. The molecule has 0 fully saturated rings. The average molecular weight is 373 g/mol. The van der Waals surface area contributed by atoms with Gasteiger partial charge in [-0.25, -0.2) is 4.98 Å². The van der Waals surface area contributed by atoms with Gasteiger partial charge in [-0.15, -0.1) is 0 Å². The van der Waals surface area contributed by atoms with Crippen LogP contribution in [0.5, 0.6) is 34.5 Å². The molecular formula is C19H19NO7. The van der Waals surface area contributed by atoms with Gasteiger partial charge in [0.15, 0.2) is 28.8 Å². The van der Waals surface area contributed by atoms with Gasteiger partial charge in [-0.05, 0) is 24.3 Å². The lowest BCUT2D eigenvalue weighted by atomic mass is 10.1. The first-order chi connectivity index (χ1) is 13.0. The van der Waals surface area contributed by atoms with Crippen LogP contribution in [0.25, 0.3) is 22.8 Å². The molecule has 0 aliphatic carbocycles. The van der Waals surface area contributed by atoms with Crippen molar-refractivity contribution in [1.29, 1.82) is 0 Å². The van der Waals surface area contributed by atoms with E-state index in [9.17, 15) is 10.2 Å². The number of ether oxygens (including phenoxy) is 4. The minimum Gasteiger partial charge on any atom is -0.502 e. The van der Waals surface area contributed by atoms with Crippen LogP contribution >= 0.6 is 0 Å². The van der Waals surface area contributed by atoms with E-state index in [1.165, 1.54) is 34.6 Å². The number of rotatable bonds is 6. The van der Waals surface area contributed by atoms with Crippen LogP contribution in [0.2, 0.25) is 0 Å². The van der Waals surface area contributed by atoms with Crippen molar-refractivity contribution in [3.63, 3.8) is 0 Å². The van der Waals surface area contributed by atoms with E-state index >= 15 is 0 Å². The third-order valence-electron chi connectivity index (χ3n) is 4.00. The summed E-state index contributed by atoms with van der Waals surface area (Å²) in [7, 11) is 5.76. The Labute approximate surface area is 155 Å². The van der Waals surface area contributed by atoms with Crippen molar-refractivity contribution in [3.8, 4) is 57.3 Å². The molecule has 8 heteroatoms. The van der Waals surface area contributed by atoms with E-state index in [1.54, 1.807) is 24.3 Å². The number of phenols is 2. The number of aromatic hydroxyl groups is 2. The lowest BCUT2D eigenvalue weighted by Gasteiger charge is -2.10. The van der Waals surface area contributed by atoms with Crippen molar-refractivity contribution >= 4 is 0 Å². The zero-order valence-corrected chi connectivity index (χ0v) is 15.3. The molecule has 8 nitrogen and oxygen atoms in total. The lowest BCUT2D eigenvalue weighted by Crippen LogP contribution is -1.90. The average Bonchev–Trinajstić information content (AvgIpc) is 3.18. The summed E-state index contributed by atoms with van der Waals surface area (Å²) >= 11 is 0. The Kier molecular flexibility index (Phi) is 4.98. The standard InChI is InChI=1S/C19H19NO7/c1-23-12-5-10(6-13(24-2)17(12)21)16-9-20-19(27-16)11-7-14(25-3)18(22)15(8-11)26-4/h5-9,21-22H,1-4H3. The summed E-state index contributed by atoms with van der Waals surface area (Å²) in [5, 5.41) is 20.1. The molecule has 0 spiro atoms. The second kappa shape index (κ2) is 7.36. The van der Waals surface area contributed by atoms with Crippen LogP contribution in [0, 0.1) is 0 Å². The van der Waals surface area contributed by atoms with Crippen LogP contribution in [0.3, 0.4) is 0 Å². The predicted molar refractivity (Wildman–Crippen MR) is 96.9 cm³/mol. The first-order valence-corrected chi connectivity index (χ1v) is 7.88.